The summed E-state index contributed by atoms with van der Waals surface area (Å²) in [6, 6.07) is 11.7. The minimum absolute atomic E-state index is 0.165. The Labute approximate surface area is 121 Å². The number of hydrogen-bond donors (Lipinski definition) is 3. The van der Waals surface area contributed by atoms with E-state index in [1.54, 1.807) is 0 Å². The predicted octanol–water partition coefficient (Wildman–Crippen LogP) is 2.75. The predicted molar refractivity (Wildman–Crippen MR) is 78.8 cm³/mol. The zero-order valence-corrected chi connectivity index (χ0v) is 11.3. The third-order valence-corrected chi connectivity index (χ3v) is 3.61. The number of halogens is 1. The molecular weight excluding hydrogens is 271 g/mol. The summed E-state index contributed by atoms with van der Waals surface area (Å²) in [6.45, 7) is 0.545. The summed E-state index contributed by atoms with van der Waals surface area (Å²) < 4.78 is 13.3. The quantitative estimate of drug-likeness (QED) is 0.744. The zero-order valence-electron chi connectivity index (χ0n) is 11.3. The summed E-state index contributed by atoms with van der Waals surface area (Å²) in [5, 5.41) is 15.0. The lowest BCUT2D eigenvalue weighted by molar-refractivity contribution is -0.119. The van der Waals surface area contributed by atoms with Crippen molar-refractivity contribution < 1.29 is 14.3 Å². The number of para-hydroxylation sites is 1. The minimum atomic E-state index is -0.750. The summed E-state index contributed by atoms with van der Waals surface area (Å²) >= 11 is 0. The fourth-order valence-electron chi connectivity index (χ4n) is 2.46. The van der Waals surface area contributed by atoms with E-state index < -0.39 is 11.6 Å². The number of nitrogens with one attached hydrogen (secondary N) is 2. The fourth-order valence-corrected chi connectivity index (χ4v) is 2.46. The molecule has 0 radical (unpaired) electrons. The molecule has 3 rings (SSSR count). The van der Waals surface area contributed by atoms with Crippen molar-refractivity contribution in [1.82, 2.24) is 0 Å². The molecule has 2 aromatic carbocycles. The van der Waals surface area contributed by atoms with E-state index in [9.17, 15) is 9.18 Å². The van der Waals surface area contributed by atoms with Crippen LogP contribution >= 0.6 is 0 Å². The summed E-state index contributed by atoms with van der Waals surface area (Å²) in [7, 11) is 0. The summed E-state index contributed by atoms with van der Waals surface area (Å²) in [5.74, 6) is -1.56. The number of anilines is 2. The minimum Gasteiger partial charge on any atom is -0.505 e. The van der Waals surface area contributed by atoms with Gasteiger partial charge in [0.25, 0.3) is 0 Å². The zero-order chi connectivity index (χ0) is 14.8. The molecule has 108 valence electrons. The van der Waals surface area contributed by atoms with Gasteiger partial charge in [-0.05, 0) is 30.2 Å². The van der Waals surface area contributed by atoms with Gasteiger partial charge in [0, 0.05) is 24.0 Å². The molecule has 5 heteroatoms. The number of amides is 1. The maximum absolute atomic E-state index is 13.3. The van der Waals surface area contributed by atoms with Gasteiger partial charge in [-0.15, -0.1) is 0 Å². The normalized spacial score (nSPS) is 16.7. The first kappa shape index (κ1) is 13.4. The second kappa shape index (κ2) is 5.44. The molecule has 1 aliphatic rings. The molecule has 0 aliphatic carbocycles. The maximum Gasteiger partial charge on any atom is 0.229 e. The average Bonchev–Trinajstić information content (AvgIpc) is 2.50. The van der Waals surface area contributed by atoms with Crippen LogP contribution in [0.1, 0.15) is 5.56 Å². The molecule has 1 aliphatic heterocycles. The van der Waals surface area contributed by atoms with Crippen LogP contribution in [0.2, 0.25) is 0 Å². The number of benzene rings is 2. The highest BCUT2D eigenvalue weighted by Crippen LogP contribution is 2.25. The van der Waals surface area contributed by atoms with Crippen LogP contribution in [0.3, 0.4) is 0 Å². The number of rotatable bonds is 2. The number of hydrogen-bond acceptors (Lipinski definition) is 3. The van der Waals surface area contributed by atoms with Crippen LogP contribution in [-0.2, 0) is 11.2 Å². The molecule has 1 heterocycles. The Hall–Kier alpha value is -2.56. The number of phenolic OH excluding ortho intramolecular Hbond substituents is 1. The van der Waals surface area contributed by atoms with Crippen LogP contribution in [0.25, 0.3) is 0 Å². The Bertz CT molecular complexity index is 688. The number of phenols is 1. The number of fused-ring (bicyclic) bond motifs is 1. The number of carbonyl (C=O) groups is 1. The number of aromatic hydroxyl groups is 1. The Morgan fingerprint density at radius 1 is 1.29 bits per heavy atom. The molecule has 0 aromatic heterocycles. The molecule has 21 heavy (non-hydrogen) atoms. The van der Waals surface area contributed by atoms with Crippen molar-refractivity contribution >= 4 is 17.3 Å². The molecule has 0 saturated heterocycles. The highest BCUT2D eigenvalue weighted by molar-refractivity contribution is 5.93. The van der Waals surface area contributed by atoms with Gasteiger partial charge in [-0.3, -0.25) is 4.79 Å². The molecule has 4 nitrogen and oxygen atoms in total. The lowest BCUT2D eigenvalue weighted by atomic mass is 9.93. The Balaban J connectivity index is 1.70. The van der Waals surface area contributed by atoms with Crippen molar-refractivity contribution in [3.8, 4) is 5.75 Å². The summed E-state index contributed by atoms with van der Waals surface area (Å²) in [6.07, 6.45) is 0.648. The fraction of sp³-hybridized carbons (Fsp3) is 0.188. The van der Waals surface area contributed by atoms with E-state index in [0.717, 1.165) is 17.3 Å². The third-order valence-electron chi connectivity index (χ3n) is 3.61. The van der Waals surface area contributed by atoms with Gasteiger partial charge in [0.05, 0.1) is 5.92 Å². The Kier molecular flexibility index (Phi) is 3.48. The molecule has 1 unspecified atom stereocenters. The van der Waals surface area contributed by atoms with E-state index in [4.69, 9.17) is 5.11 Å². The van der Waals surface area contributed by atoms with Gasteiger partial charge >= 0.3 is 0 Å². The first-order valence-electron chi connectivity index (χ1n) is 6.74. The van der Waals surface area contributed by atoms with Gasteiger partial charge < -0.3 is 15.7 Å². The summed E-state index contributed by atoms with van der Waals surface area (Å²) in [5.41, 5.74) is 2.49. The van der Waals surface area contributed by atoms with Crippen LogP contribution in [-0.4, -0.2) is 17.6 Å². The van der Waals surface area contributed by atoms with E-state index in [2.05, 4.69) is 10.6 Å². The summed E-state index contributed by atoms with van der Waals surface area (Å²) in [4.78, 5) is 12.2. The van der Waals surface area contributed by atoms with E-state index in [1.165, 1.54) is 12.1 Å². The molecule has 2 aromatic rings. The van der Waals surface area contributed by atoms with Crippen LogP contribution in [0.5, 0.6) is 5.75 Å². The lowest BCUT2D eigenvalue weighted by Crippen LogP contribution is -2.33. The van der Waals surface area contributed by atoms with Gasteiger partial charge in [-0.1, -0.05) is 18.2 Å². The van der Waals surface area contributed by atoms with Crippen molar-refractivity contribution in [1.29, 1.82) is 0 Å². The van der Waals surface area contributed by atoms with Crippen LogP contribution in [0.4, 0.5) is 15.8 Å². The third kappa shape index (κ3) is 2.81. The van der Waals surface area contributed by atoms with Gasteiger partial charge in [0.15, 0.2) is 11.6 Å². The molecule has 3 N–H and O–H groups in total. The Morgan fingerprint density at radius 3 is 2.90 bits per heavy atom. The molecule has 0 saturated carbocycles. The molecule has 1 amide bonds. The molecule has 0 bridgehead atoms. The van der Waals surface area contributed by atoms with Crippen molar-refractivity contribution in [3.63, 3.8) is 0 Å². The highest BCUT2D eigenvalue weighted by Gasteiger charge is 2.24. The number of carbonyl (C=O) groups excluding carboxylic acids is 1. The molecule has 1 atom stereocenters. The van der Waals surface area contributed by atoms with Gasteiger partial charge in [0.1, 0.15) is 0 Å². The largest absolute Gasteiger partial charge is 0.505 e. The smallest absolute Gasteiger partial charge is 0.229 e. The van der Waals surface area contributed by atoms with Crippen molar-refractivity contribution in [3.05, 3.63) is 53.8 Å². The van der Waals surface area contributed by atoms with Crippen molar-refractivity contribution in [2.45, 2.75) is 6.42 Å². The topological polar surface area (TPSA) is 61.4 Å². The standard InChI is InChI=1S/C16H15FN2O2/c17-13-8-12(5-6-15(13)20)19-16(21)11-7-10-3-1-2-4-14(10)18-9-11/h1-6,8,11,18,20H,7,9H2,(H,19,21). The Morgan fingerprint density at radius 2 is 2.10 bits per heavy atom. The lowest BCUT2D eigenvalue weighted by Gasteiger charge is -2.25. The van der Waals surface area contributed by atoms with Crippen molar-refractivity contribution in [2.75, 3.05) is 17.2 Å². The first-order chi connectivity index (χ1) is 10.1. The van der Waals surface area contributed by atoms with E-state index >= 15 is 0 Å². The second-order valence-corrected chi connectivity index (χ2v) is 5.09. The van der Waals surface area contributed by atoms with E-state index in [1.807, 2.05) is 24.3 Å². The maximum atomic E-state index is 13.3. The van der Waals surface area contributed by atoms with Crippen LogP contribution in [0.15, 0.2) is 42.5 Å². The highest BCUT2D eigenvalue weighted by atomic mass is 19.1. The van der Waals surface area contributed by atoms with E-state index in [0.29, 0.717) is 18.7 Å². The first-order valence-corrected chi connectivity index (χ1v) is 6.74. The molecule has 0 fully saturated rings. The average molecular weight is 286 g/mol. The van der Waals surface area contributed by atoms with Gasteiger partial charge in [-0.25, -0.2) is 4.39 Å². The molecule has 0 spiro atoms. The SMILES string of the molecule is O=C(Nc1ccc(O)c(F)c1)C1CNc2ccccc2C1. The van der Waals surface area contributed by atoms with Gasteiger partial charge in [0.2, 0.25) is 5.91 Å². The van der Waals surface area contributed by atoms with Crippen LogP contribution < -0.4 is 10.6 Å². The monoisotopic (exact) mass is 286 g/mol. The second-order valence-electron chi connectivity index (χ2n) is 5.09. The van der Waals surface area contributed by atoms with Gasteiger partial charge in [-0.2, -0.15) is 0 Å². The van der Waals surface area contributed by atoms with Crippen molar-refractivity contribution in [2.24, 2.45) is 5.92 Å². The van der Waals surface area contributed by atoms with E-state index in [-0.39, 0.29) is 11.8 Å². The van der Waals surface area contributed by atoms with Crippen LogP contribution in [0, 0.1) is 11.7 Å². The molecular formula is C16H15FN2O2.